The number of hydrogen-bond donors (Lipinski definition) is 2. The minimum atomic E-state index is -0.302. The Labute approximate surface area is 99.1 Å². The third-order valence-corrected chi connectivity index (χ3v) is 3.81. The number of nitrogens with zero attached hydrogens (tertiary/aromatic N) is 1. The molecule has 0 aliphatic heterocycles. The molecule has 0 saturated carbocycles. The summed E-state index contributed by atoms with van der Waals surface area (Å²) >= 11 is 1.70. The smallest absolute Gasteiger partial charge is 0.135 e. The molecule has 0 spiro atoms. The van der Waals surface area contributed by atoms with E-state index in [1.165, 1.54) is 4.70 Å². The Morgan fingerprint density at radius 1 is 1.50 bits per heavy atom. The summed E-state index contributed by atoms with van der Waals surface area (Å²) in [5.74, 6) is 0.858. The normalized spacial score (nSPS) is 14.9. The lowest BCUT2D eigenvalue weighted by molar-refractivity contribution is 0.218. The molecule has 0 radical (unpaired) electrons. The first-order chi connectivity index (χ1) is 7.68. The van der Waals surface area contributed by atoms with Gasteiger partial charge in [-0.05, 0) is 30.9 Å². The van der Waals surface area contributed by atoms with Gasteiger partial charge in [-0.1, -0.05) is 6.92 Å². The standard InChI is InChI=1S/C12H16N2OS/c1-3-12(2,8-15)14-11-9-5-7-16-10(9)4-6-13-11/h4-7,15H,3,8H2,1-2H3,(H,13,14). The lowest BCUT2D eigenvalue weighted by Gasteiger charge is -2.28. The molecule has 2 aromatic rings. The number of pyridine rings is 1. The van der Waals surface area contributed by atoms with Gasteiger partial charge in [-0.2, -0.15) is 0 Å². The van der Waals surface area contributed by atoms with Crippen LogP contribution in [-0.2, 0) is 0 Å². The van der Waals surface area contributed by atoms with Gasteiger partial charge < -0.3 is 10.4 Å². The van der Waals surface area contributed by atoms with Crippen LogP contribution >= 0.6 is 11.3 Å². The minimum absolute atomic E-state index is 0.103. The van der Waals surface area contributed by atoms with Crippen LogP contribution in [0, 0.1) is 0 Å². The first kappa shape index (κ1) is 11.4. The zero-order valence-corrected chi connectivity index (χ0v) is 10.3. The van der Waals surface area contributed by atoms with Crippen molar-refractivity contribution in [1.29, 1.82) is 0 Å². The van der Waals surface area contributed by atoms with E-state index < -0.39 is 0 Å². The van der Waals surface area contributed by atoms with Crippen LogP contribution in [0.2, 0.25) is 0 Å². The molecule has 0 saturated heterocycles. The summed E-state index contributed by atoms with van der Waals surface area (Å²) in [6.07, 6.45) is 2.65. The van der Waals surface area contributed by atoms with E-state index in [4.69, 9.17) is 0 Å². The molecule has 0 bridgehead atoms. The van der Waals surface area contributed by atoms with Crippen molar-refractivity contribution in [2.75, 3.05) is 11.9 Å². The summed E-state index contributed by atoms with van der Waals surface area (Å²) < 4.78 is 1.22. The Morgan fingerprint density at radius 3 is 3.00 bits per heavy atom. The zero-order valence-electron chi connectivity index (χ0n) is 9.53. The van der Waals surface area contributed by atoms with Crippen LogP contribution in [0.4, 0.5) is 5.82 Å². The fraction of sp³-hybridized carbons (Fsp3) is 0.417. The number of aliphatic hydroxyl groups is 1. The molecule has 1 unspecified atom stereocenters. The molecule has 16 heavy (non-hydrogen) atoms. The van der Waals surface area contributed by atoms with Crippen LogP contribution in [0.15, 0.2) is 23.7 Å². The molecular formula is C12H16N2OS. The second-order valence-corrected chi connectivity index (χ2v) is 5.14. The van der Waals surface area contributed by atoms with E-state index in [1.54, 1.807) is 17.5 Å². The second-order valence-electron chi connectivity index (χ2n) is 4.19. The third-order valence-electron chi connectivity index (χ3n) is 2.93. The third kappa shape index (κ3) is 2.03. The van der Waals surface area contributed by atoms with Gasteiger partial charge in [0.1, 0.15) is 5.82 Å². The fourth-order valence-electron chi connectivity index (χ4n) is 1.52. The van der Waals surface area contributed by atoms with Gasteiger partial charge in [0.25, 0.3) is 0 Å². The van der Waals surface area contributed by atoms with Crippen molar-refractivity contribution in [1.82, 2.24) is 4.98 Å². The van der Waals surface area contributed by atoms with Crippen molar-refractivity contribution in [3.63, 3.8) is 0 Å². The maximum absolute atomic E-state index is 9.38. The van der Waals surface area contributed by atoms with E-state index in [2.05, 4.69) is 28.7 Å². The van der Waals surface area contributed by atoms with Crippen molar-refractivity contribution >= 4 is 27.2 Å². The van der Waals surface area contributed by atoms with Gasteiger partial charge in [0.2, 0.25) is 0 Å². The molecule has 1 atom stereocenters. The summed E-state index contributed by atoms with van der Waals surface area (Å²) in [6, 6.07) is 4.07. The molecule has 86 valence electrons. The van der Waals surface area contributed by atoms with Crippen LogP contribution in [0.3, 0.4) is 0 Å². The molecule has 4 heteroatoms. The topological polar surface area (TPSA) is 45.1 Å². The van der Waals surface area contributed by atoms with Crippen molar-refractivity contribution in [2.45, 2.75) is 25.8 Å². The van der Waals surface area contributed by atoms with Crippen LogP contribution in [-0.4, -0.2) is 22.2 Å². The van der Waals surface area contributed by atoms with Crippen molar-refractivity contribution < 1.29 is 5.11 Å². The summed E-state index contributed by atoms with van der Waals surface area (Å²) in [5.41, 5.74) is -0.302. The summed E-state index contributed by atoms with van der Waals surface area (Å²) in [6.45, 7) is 4.16. The molecule has 0 amide bonds. The van der Waals surface area contributed by atoms with Crippen LogP contribution < -0.4 is 5.32 Å². The highest BCUT2D eigenvalue weighted by Gasteiger charge is 2.21. The van der Waals surface area contributed by atoms with Crippen LogP contribution in [0.1, 0.15) is 20.3 Å². The van der Waals surface area contributed by atoms with Gasteiger partial charge in [0, 0.05) is 16.3 Å². The van der Waals surface area contributed by atoms with E-state index >= 15 is 0 Å². The highest BCUT2D eigenvalue weighted by Crippen LogP contribution is 2.28. The summed E-state index contributed by atoms with van der Waals surface area (Å²) in [7, 11) is 0. The molecule has 3 nitrogen and oxygen atoms in total. The van der Waals surface area contributed by atoms with E-state index in [0.29, 0.717) is 0 Å². The molecular weight excluding hydrogens is 220 g/mol. The van der Waals surface area contributed by atoms with Gasteiger partial charge in [-0.3, -0.25) is 0 Å². The van der Waals surface area contributed by atoms with Gasteiger partial charge in [0.15, 0.2) is 0 Å². The lowest BCUT2D eigenvalue weighted by atomic mass is 10.0. The SMILES string of the molecule is CCC(C)(CO)Nc1nccc2sccc12. The summed E-state index contributed by atoms with van der Waals surface area (Å²) in [4.78, 5) is 4.34. The number of anilines is 1. The number of aliphatic hydroxyl groups excluding tert-OH is 1. The Morgan fingerprint density at radius 2 is 2.31 bits per heavy atom. The molecule has 0 aliphatic carbocycles. The first-order valence-corrected chi connectivity index (χ1v) is 6.28. The quantitative estimate of drug-likeness (QED) is 0.858. The maximum Gasteiger partial charge on any atom is 0.135 e. The number of thiophene rings is 1. The molecule has 0 aromatic carbocycles. The Balaban J connectivity index is 2.37. The monoisotopic (exact) mass is 236 g/mol. The average molecular weight is 236 g/mol. The number of rotatable bonds is 4. The number of fused-ring (bicyclic) bond motifs is 1. The Hall–Kier alpha value is -1.13. The Bertz CT molecular complexity index is 477. The largest absolute Gasteiger partial charge is 0.394 e. The lowest BCUT2D eigenvalue weighted by Crippen LogP contribution is -2.38. The van der Waals surface area contributed by atoms with E-state index in [9.17, 15) is 5.11 Å². The van der Waals surface area contributed by atoms with E-state index in [0.717, 1.165) is 17.6 Å². The van der Waals surface area contributed by atoms with Crippen molar-refractivity contribution in [3.05, 3.63) is 23.7 Å². The van der Waals surface area contributed by atoms with Gasteiger partial charge in [0.05, 0.1) is 12.1 Å². The molecule has 2 N–H and O–H groups in total. The molecule has 0 aliphatic rings. The first-order valence-electron chi connectivity index (χ1n) is 5.40. The zero-order chi connectivity index (χ0) is 11.6. The van der Waals surface area contributed by atoms with Gasteiger partial charge in [-0.15, -0.1) is 11.3 Å². The number of aromatic nitrogens is 1. The Kier molecular flexibility index (Phi) is 3.12. The molecule has 0 fully saturated rings. The van der Waals surface area contributed by atoms with E-state index in [-0.39, 0.29) is 12.1 Å². The van der Waals surface area contributed by atoms with Crippen molar-refractivity contribution in [2.24, 2.45) is 0 Å². The average Bonchev–Trinajstić information content (AvgIpc) is 2.78. The molecule has 2 heterocycles. The second kappa shape index (κ2) is 4.39. The van der Waals surface area contributed by atoms with Crippen LogP contribution in [0.25, 0.3) is 10.1 Å². The summed E-state index contributed by atoms with van der Waals surface area (Å²) in [5, 5.41) is 15.9. The highest BCUT2D eigenvalue weighted by molar-refractivity contribution is 7.17. The van der Waals surface area contributed by atoms with Crippen LogP contribution in [0.5, 0.6) is 0 Å². The van der Waals surface area contributed by atoms with E-state index in [1.807, 2.05) is 13.0 Å². The van der Waals surface area contributed by atoms with Crippen molar-refractivity contribution in [3.8, 4) is 0 Å². The van der Waals surface area contributed by atoms with Gasteiger partial charge in [-0.25, -0.2) is 4.98 Å². The van der Waals surface area contributed by atoms with Gasteiger partial charge >= 0.3 is 0 Å². The fourth-order valence-corrected chi connectivity index (χ4v) is 2.30. The number of nitrogens with one attached hydrogen (secondary N) is 1. The molecule has 2 aromatic heterocycles. The maximum atomic E-state index is 9.38. The predicted octanol–water partition coefficient (Wildman–Crippen LogP) is 2.87. The predicted molar refractivity (Wildman–Crippen MR) is 69.0 cm³/mol. The number of hydrogen-bond acceptors (Lipinski definition) is 4. The minimum Gasteiger partial charge on any atom is -0.394 e. The highest BCUT2D eigenvalue weighted by atomic mass is 32.1. The molecule has 2 rings (SSSR count).